The summed E-state index contributed by atoms with van der Waals surface area (Å²) in [7, 11) is 1.65. The first-order valence-electron chi connectivity index (χ1n) is 7.22. The number of hydrogen-bond acceptors (Lipinski definition) is 3. The number of nitrogens with one attached hydrogen (secondary N) is 2. The molecule has 0 radical (unpaired) electrons. The molecule has 1 aromatic carbocycles. The highest BCUT2D eigenvalue weighted by Crippen LogP contribution is 2.11. The normalized spacial score (nSPS) is 10.6. The van der Waals surface area contributed by atoms with E-state index in [9.17, 15) is 4.79 Å². The molecule has 4 heteroatoms. The van der Waals surface area contributed by atoms with Gasteiger partial charge in [0.1, 0.15) is 5.75 Å². The van der Waals surface area contributed by atoms with Crippen LogP contribution in [0.2, 0.25) is 0 Å². The molecule has 0 aromatic heterocycles. The molecule has 0 saturated heterocycles. The van der Waals surface area contributed by atoms with Crippen molar-refractivity contribution in [2.24, 2.45) is 5.92 Å². The summed E-state index contributed by atoms with van der Waals surface area (Å²) in [5, 5.41) is 6.07. The predicted molar refractivity (Wildman–Crippen MR) is 82.0 cm³/mol. The topological polar surface area (TPSA) is 50.4 Å². The van der Waals surface area contributed by atoms with Gasteiger partial charge in [-0.05, 0) is 43.0 Å². The number of methoxy groups -OCH3 is 1. The van der Waals surface area contributed by atoms with E-state index in [-0.39, 0.29) is 5.91 Å². The number of ether oxygens (including phenoxy) is 1. The van der Waals surface area contributed by atoms with Gasteiger partial charge in [0.15, 0.2) is 0 Å². The van der Waals surface area contributed by atoms with Crippen LogP contribution in [0.25, 0.3) is 0 Å². The van der Waals surface area contributed by atoms with Crippen LogP contribution in [-0.2, 0) is 11.2 Å². The van der Waals surface area contributed by atoms with E-state index in [4.69, 9.17) is 4.74 Å². The van der Waals surface area contributed by atoms with E-state index >= 15 is 0 Å². The van der Waals surface area contributed by atoms with E-state index in [2.05, 4.69) is 24.5 Å². The van der Waals surface area contributed by atoms with Crippen LogP contribution >= 0.6 is 0 Å². The third-order valence-corrected chi connectivity index (χ3v) is 3.08. The zero-order valence-electron chi connectivity index (χ0n) is 12.7. The van der Waals surface area contributed by atoms with Crippen molar-refractivity contribution in [1.82, 2.24) is 10.6 Å². The fourth-order valence-corrected chi connectivity index (χ4v) is 1.79. The van der Waals surface area contributed by atoms with Gasteiger partial charge < -0.3 is 15.4 Å². The van der Waals surface area contributed by atoms with Crippen LogP contribution < -0.4 is 15.4 Å². The van der Waals surface area contributed by atoms with Gasteiger partial charge in [0.05, 0.1) is 13.7 Å². The minimum Gasteiger partial charge on any atom is -0.497 e. The SMILES string of the molecule is COc1ccc(CCNC(=O)CNCCC(C)C)cc1. The monoisotopic (exact) mass is 278 g/mol. The van der Waals surface area contributed by atoms with Gasteiger partial charge in [-0.3, -0.25) is 4.79 Å². The van der Waals surface area contributed by atoms with E-state index in [0.717, 1.165) is 25.1 Å². The molecule has 2 N–H and O–H groups in total. The Hall–Kier alpha value is -1.55. The molecule has 0 fully saturated rings. The summed E-state index contributed by atoms with van der Waals surface area (Å²) in [4.78, 5) is 11.6. The average Bonchev–Trinajstić information content (AvgIpc) is 2.44. The van der Waals surface area contributed by atoms with Gasteiger partial charge in [-0.1, -0.05) is 26.0 Å². The summed E-state index contributed by atoms with van der Waals surface area (Å²) in [6.07, 6.45) is 1.93. The molecule has 0 spiro atoms. The second-order valence-electron chi connectivity index (χ2n) is 5.31. The quantitative estimate of drug-likeness (QED) is 0.679. The Morgan fingerprint density at radius 1 is 1.20 bits per heavy atom. The first-order valence-corrected chi connectivity index (χ1v) is 7.22. The molecule has 0 aliphatic carbocycles. The molecule has 0 heterocycles. The third-order valence-electron chi connectivity index (χ3n) is 3.08. The minimum atomic E-state index is 0.0577. The average molecular weight is 278 g/mol. The molecule has 0 aliphatic rings. The van der Waals surface area contributed by atoms with E-state index < -0.39 is 0 Å². The molecule has 112 valence electrons. The lowest BCUT2D eigenvalue weighted by atomic mass is 10.1. The largest absolute Gasteiger partial charge is 0.497 e. The van der Waals surface area contributed by atoms with Gasteiger partial charge in [0, 0.05) is 6.54 Å². The molecular formula is C16H26N2O2. The Labute approximate surface area is 121 Å². The maximum absolute atomic E-state index is 11.6. The van der Waals surface area contributed by atoms with Crippen LogP contribution in [0.3, 0.4) is 0 Å². The second kappa shape index (κ2) is 9.37. The number of carbonyl (C=O) groups is 1. The highest BCUT2D eigenvalue weighted by Gasteiger charge is 2.01. The molecule has 20 heavy (non-hydrogen) atoms. The molecule has 0 bridgehead atoms. The van der Waals surface area contributed by atoms with Crippen molar-refractivity contribution >= 4 is 5.91 Å². The lowest BCUT2D eigenvalue weighted by Gasteiger charge is -2.08. The minimum absolute atomic E-state index is 0.0577. The number of benzene rings is 1. The molecule has 1 aromatic rings. The van der Waals surface area contributed by atoms with Crippen LogP contribution in [0.1, 0.15) is 25.8 Å². The van der Waals surface area contributed by atoms with Crippen LogP contribution in [0, 0.1) is 5.92 Å². The molecule has 1 amide bonds. The fraction of sp³-hybridized carbons (Fsp3) is 0.562. The van der Waals surface area contributed by atoms with Gasteiger partial charge in [0.25, 0.3) is 0 Å². The summed E-state index contributed by atoms with van der Waals surface area (Å²) in [6, 6.07) is 7.91. The molecule has 1 rings (SSSR count). The molecule has 0 aliphatic heterocycles. The van der Waals surface area contributed by atoms with E-state index in [1.165, 1.54) is 5.56 Å². The summed E-state index contributed by atoms with van der Waals surface area (Å²) >= 11 is 0. The summed E-state index contributed by atoms with van der Waals surface area (Å²) < 4.78 is 5.11. The zero-order chi connectivity index (χ0) is 14.8. The fourth-order valence-electron chi connectivity index (χ4n) is 1.79. The van der Waals surface area contributed by atoms with Gasteiger partial charge in [-0.2, -0.15) is 0 Å². The summed E-state index contributed by atoms with van der Waals surface area (Å²) in [6.45, 7) is 6.31. The van der Waals surface area contributed by atoms with Crippen molar-refractivity contribution in [3.63, 3.8) is 0 Å². The third kappa shape index (κ3) is 7.14. The Bertz CT molecular complexity index is 388. The Balaban J connectivity index is 2.11. The van der Waals surface area contributed by atoms with Crippen molar-refractivity contribution < 1.29 is 9.53 Å². The number of hydrogen-bond donors (Lipinski definition) is 2. The van der Waals surface area contributed by atoms with Gasteiger partial charge in [-0.15, -0.1) is 0 Å². The number of carbonyl (C=O) groups excluding carboxylic acids is 1. The first kappa shape index (κ1) is 16.5. The summed E-state index contributed by atoms with van der Waals surface area (Å²) in [5.74, 6) is 1.58. The van der Waals surface area contributed by atoms with Crippen LogP contribution in [0.5, 0.6) is 5.75 Å². The maximum Gasteiger partial charge on any atom is 0.233 e. The highest BCUT2D eigenvalue weighted by atomic mass is 16.5. The molecule has 0 unspecified atom stereocenters. The van der Waals surface area contributed by atoms with Crippen LogP contribution in [0.15, 0.2) is 24.3 Å². The highest BCUT2D eigenvalue weighted by molar-refractivity contribution is 5.77. The smallest absolute Gasteiger partial charge is 0.233 e. The standard InChI is InChI=1S/C16H26N2O2/c1-13(2)8-10-17-12-16(19)18-11-9-14-4-6-15(20-3)7-5-14/h4-7,13,17H,8-12H2,1-3H3,(H,18,19). The Kier molecular flexibility index (Phi) is 7.73. The van der Waals surface area contributed by atoms with Gasteiger partial charge >= 0.3 is 0 Å². The maximum atomic E-state index is 11.6. The molecule has 4 nitrogen and oxygen atoms in total. The molecule has 0 saturated carbocycles. The first-order chi connectivity index (χ1) is 9.61. The second-order valence-corrected chi connectivity index (χ2v) is 5.31. The zero-order valence-corrected chi connectivity index (χ0v) is 12.7. The van der Waals surface area contributed by atoms with E-state index in [1.54, 1.807) is 7.11 Å². The number of amides is 1. The Morgan fingerprint density at radius 2 is 1.90 bits per heavy atom. The van der Waals surface area contributed by atoms with Crippen molar-refractivity contribution in [2.45, 2.75) is 26.7 Å². The molecule has 0 atom stereocenters. The van der Waals surface area contributed by atoms with E-state index in [0.29, 0.717) is 19.0 Å². The van der Waals surface area contributed by atoms with E-state index in [1.807, 2.05) is 24.3 Å². The van der Waals surface area contributed by atoms with Gasteiger partial charge in [0.2, 0.25) is 5.91 Å². The predicted octanol–water partition coefficient (Wildman–Crippen LogP) is 1.99. The van der Waals surface area contributed by atoms with Crippen LogP contribution in [0.4, 0.5) is 0 Å². The Morgan fingerprint density at radius 3 is 2.50 bits per heavy atom. The summed E-state index contributed by atoms with van der Waals surface area (Å²) in [5.41, 5.74) is 1.19. The number of rotatable bonds is 9. The lowest BCUT2D eigenvalue weighted by Crippen LogP contribution is -2.35. The van der Waals surface area contributed by atoms with Crippen molar-refractivity contribution in [2.75, 3.05) is 26.7 Å². The van der Waals surface area contributed by atoms with Gasteiger partial charge in [-0.25, -0.2) is 0 Å². The van der Waals surface area contributed by atoms with Crippen molar-refractivity contribution in [1.29, 1.82) is 0 Å². The molecular weight excluding hydrogens is 252 g/mol. The van der Waals surface area contributed by atoms with Crippen molar-refractivity contribution in [3.05, 3.63) is 29.8 Å². The van der Waals surface area contributed by atoms with Crippen LogP contribution in [-0.4, -0.2) is 32.7 Å². The lowest BCUT2D eigenvalue weighted by molar-refractivity contribution is -0.120. The van der Waals surface area contributed by atoms with Crippen molar-refractivity contribution in [3.8, 4) is 5.75 Å².